The summed E-state index contributed by atoms with van der Waals surface area (Å²) in [4.78, 5) is 18.0. The van der Waals surface area contributed by atoms with Gasteiger partial charge in [-0.2, -0.15) is 5.10 Å². The zero-order chi connectivity index (χ0) is 25.5. The fourth-order valence-corrected chi connectivity index (χ4v) is 5.06. The zero-order valence-corrected chi connectivity index (χ0v) is 21.7. The Kier molecular flexibility index (Phi) is 6.32. The standard InChI is InChI=1S/C27H25Cl2N5O3/c1-31-8-2-3-23(31)22-15-24(34(30-22)19-5-6-20(28)21(29)14-19)27(35)33-11-9-32(10-12-33)16-18-4-7-25-26(13-18)37-17-36-25/h2-8,13-15H,9-12,16-17H2,1H3. The summed E-state index contributed by atoms with van der Waals surface area (Å²) in [5.41, 5.74) is 3.96. The number of carbonyl (C=O) groups excluding carboxylic acids is 1. The van der Waals surface area contributed by atoms with Crippen LogP contribution in [-0.4, -0.2) is 63.0 Å². The summed E-state index contributed by atoms with van der Waals surface area (Å²) in [5, 5.41) is 5.64. The number of aromatic nitrogens is 3. The van der Waals surface area contributed by atoms with Gasteiger partial charge in [0, 0.05) is 46.0 Å². The van der Waals surface area contributed by atoms with Gasteiger partial charge in [0.15, 0.2) is 11.5 Å². The Balaban J connectivity index is 1.22. The molecule has 2 aromatic carbocycles. The first kappa shape index (κ1) is 23.9. The first-order valence-corrected chi connectivity index (χ1v) is 12.8. The van der Waals surface area contributed by atoms with Crippen molar-refractivity contribution in [2.24, 2.45) is 7.05 Å². The van der Waals surface area contributed by atoms with Crippen molar-refractivity contribution in [3.63, 3.8) is 0 Å². The van der Waals surface area contributed by atoms with Crippen LogP contribution in [0.3, 0.4) is 0 Å². The molecule has 0 N–H and O–H groups in total. The second-order valence-electron chi connectivity index (χ2n) is 9.19. The first-order chi connectivity index (χ1) is 18.0. The molecule has 8 nitrogen and oxygen atoms in total. The molecule has 0 aliphatic carbocycles. The Morgan fingerprint density at radius 2 is 1.76 bits per heavy atom. The van der Waals surface area contributed by atoms with Crippen LogP contribution < -0.4 is 9.47 Å². The van der Waals surface area contributed by atoms with E-state index in [4.69, 9.17) is 37.8 Å². The molecule has 1 saturated heterocycles. The minimum Gasteiger partial charge on any atom is -0.454 e. The van der Waals surface area contributed by atoms with Crippen molar-refractivity contribution in [2.75, 3.05) is 33.0 Å². The van der Waals surface area contributed by atoms with Gasteiger partial charge < -0.3 is 18.9 Å². The van der Waals surface area contributed by atoms with Gasteiger partial charge in [0.25, 0.3) is 5.91 Å². The Morgan fingerprint density at radius 3 is 2.51 bits per heavy atom. The number of halogens is 2. The van der Waals surface area contributed by atoms with Crippen molar-refractivity contribution in [1.82, 2.24) is 24.1 Å². The number of amides is 1. The molecule has 0 unspecified atom stereocenters. The molecular weight excluding hydrogens is 513 g/mol. The third-order valence-electron chi connectivity index (χ3n) is 6.79. The van der Waals surface area contributed by atoms with Crippen LogP contribution in [0.4, 0.5) is 0 Å². The van der Waals surface area contributed by atoms with Crippen LogP contribution in [0.1, 0.15) is 16.1 Å². The molecular formula is C27H25Cl2N5O3. The number of rotatable bonds is 5. The summed E-state index contributed by atoms with van der Waals surface area (Å²) in [6.07, 6.45) is 1.95. The Morgan fingerprint density at radius 1 is 0.946 bits per heavy atom. The Hall–Kier alpha value is -3.46. The predicted octanol–water partition coefficient (Wildman–Crippen LogP) is 4.87. The van der Waals surface area contributed by atoms with Gasteiger partial charge in [-0.3, -0.25) is 9.69 Å². The molecule has 4 aromatic rings. The minimum atomic E-state index is -0.0678. The maximum absolute atomic E-state index is 13.8. The number of ether oxygens (including phenoxy) is 2. The summed E-state index contributed by atoms with van der Waals surface area (Å²) in [5.74, 6) is 1.50. The van der Waals surface area contributed by atoms with Crippen LogP contribution in [0, 0.1) is 0 Å². The van der Waals surface area contributed by atoms with Crippen LogP contribution in [0.2, 0.25) is 10.0 Å². The summed E-state index contributed by atoms with van der Waals surface area (Å²) in [6.45, 7) is 3.84. The van der Waals surface area contributed by atoms with E-state index in [-0.39, 0.29) is 12.7 Å². The number of hydrogen-bond acceptors (Lipinski definition) is 5. The van der Waals surface area contributed by atoms with Crippen molar-refractivity contribution in [3.05, 3.63) is 82.1 Å². The second-order valence-corrected chi connectivity index (χ2v) is 10.00. The Bertz CT molecular complexity index is 1470. The van der Waals surface area contributed by atoms with Gasteiger partial charge in [0.1, 0.15) is 11.4 Å². The molecule has 0 spiro atoms. The number of fused-ring (bicyclic) bond motifs is 1. The van der Waals surface area contributed by atoms with E-state index < -0.39 is 0 Å². The third kappa shape index (κ3) is 4.68. The highest BCUT2D eigenvalue weighted by Gasteiger charge is 2.27. The van der Waals surface area contributed by atoms with E-state index in [1.54, 1.807) is 16.8 Å². The lowest BCUT2D eigenvalue weighted by molar-refractivity contribution is 0.0619. The number of aryl methyl sites for hydroxylation is 1. The van der Waals surface area contributed by atoms with Crippen molar-refractivity contribution < 1.29 is 14.3 Å². The van der Waals surface area contributed by atoms with E-state index in [9.17, 15) is 4.79 Å². The van der Waals surface area contributed by atoms with E-state index in [2.05, 4.69) is 11.0 Å². The number of nitrogens with zero attached hydrogens (tertiary/aromatic N) is 5. The topological polar surface area (TPSA) is 64.8 Å². The molecule has 0 radical (unpaired) electrons. The summed E-state index contributed by atoms with van der Waals surface area (Å²) < 4.78 is 14.5. The smallest absolute Gasteiger partial charge is 0.272 e. The molecule has 6 rings (SSSR count). The lowest BCUT2D eigenvalue weighted by Crippen LogP contribution is -2.48. The molecule has 190 valence electrons. The SMILES string of the molecule is Cn1cccc1-c1cc(C(=O)N2CCN(Cc3ccc4c(c3)OCO4)CC2)n(-c2ccc(Cl)c(Cl)c2)n1. The molecule has 2 aromatic heterocycles. The third-order valence-corrected chi connectivity index (χ3v) is 7.52. The lowest BCUT2D eigenvalue weighted by Gasteiger charge is -2.34. The highest BCUT2D eigenvalue weighted by molar-refractivity contribution is 6.42. The largest absolute Gasteiger partial charge is 0.454 e. The molecule has 37 heavy (non-hydrogen) atoms. The van der Waals surface area contributed by atoms with E-state index >= 15 is 0 Å². The maximum atomic E-state index is 13.8. The zero-order valence-electron chi connectivity index (χ0n) is 20.2. The van der Waals surface area contributed by atoms with Gasteiger partial charge in [-0.05, 0) is 54.1 Å². The molecule has 0 saturated carbocycles. The van der Waals surface area contributed by atoms with Crippen molar-refractivity contribution >= 4 is 29.1 Å². The monoisotopic (exact) mass is 537 g/mol. The summed E-state index contributed by atoms with van der Waals surface area (Å²) in [7, 11) is 1.95. The fourth-order valence-electron chi connectivity index (χ4n) is 4.77. The fraction of sp³-hybridized carbons (Fsp3) is 0.259. The molecule has 1 amide bonds. The van der Waals surface area contributed by atoms with Gasteiger partial charge >= 0.3 is 0 Å². The highest BCUT2D eigenvalue weighted by Crippen LogP contribution is 2.33. The lowest BCUT2D eigenvalue weighted by atomic mass is 10.1. The van der Waals surface area contributed by atoms with Crippen molar-refractivity contribution in [1.29, 1.82) is 0 Å². The van der Waals surface area contributed by atoms with Crippen LogP contribution >= 0.6 is 23.2 Å². The maximum Gasteiger partial charge on any atom is 0.272 e. The van der Waals surface area contributed by atoms with E-state index in [0.29, 0.717) is 40.2 Å². The van der Waals surface area contributed by atoms with E-state index in [1.807, 2.05) is 59.1 Å². The number of piperazine rings is 1. The molecule has 2 aliphatic rings. The van der Waals surface area contributed by atoms with E-state index in [1.165, 1.54) is 0 Å². The number of benzene rings is 2. The first-order valence-electron chi connectivity index (χ1n) is 12.0. The van der Waals surface area contributed by atoms with Crippen LogP contribution in [0.5, 0.6) is 11.5 Å². The predicted molar refractivity (Wildman–Crippen MR) is 142 cm³/mol. The molecule has 10 heteroatoms. The van der Waals surface area contributed by atoms with Crippen LogP contribution in [0.25, 0.3) is 17.1 Å². The average molecular weight is 538 g/mol. The van der Waals surface area contributed by atoms with Gasteiger partial charge in [-0.1, -0.05) is 29.3 Å². The van der Waals surface area contributed by atoms with E-state index in [0.717, 1.165) is 42.4 Å². The number of hydrogen-bond donors (Lipinski definition) is 0. The molecule has 2 aliphatic heterocycles. The van der Waals surface area contributed by atoms with Crippen LogP contribution in [0.15, 0.2) is 60.8 Å². The molecule has 4 heterocycles. The van der Waals surface area contributed by atoms with Gasteiger partial charge in [0.05, 0.1) is 21.4 Å². The van der Waals surface area contributed by atoms with Crippen molar-refractivity contribution in [2.45, 2.75) is 6.54 Å². The van der Waals surface area contributed by atoms with Crippen LogP contribution in [-0.2, 0) is 13.6 Å². The quantitative estimate of drug-likeness (QED) is 0.363. The van der Waals surface area contributed by atoms with Gasteiger partial charge in [-0.15, -0.1) is 0 Å². The number of carbonyl (C=O) groups is 1. The second kappa shape index (κ2) is 9.78. The van der Waals surface area contributed by atoms with Crippen molar-refractivity contribution in [3.8, 4) is 28.6 Å². The summed E-state index contributed by atoms with van der Waals surface area (Å²) >= 11 is 12.4. The molecule has 1 fully saturated rings. The normalized spacial score (nSPS) is 15.4. The summed E-state index contributed by atoms with van der Waals surface area (Å²) in [6, 6.07) is 17.1. The molecule has 0 bridgehead atoms. The Labute approximate surface area is 224 Å². The molecule has 0 atom stereocenters. The van der Waals surface area contributed by atoms with Gasteiger partial charge in [-0.25, -0.2) is 4.68 Å². The highest BCUT2D eigenvalue weighted by atomic mass is 35.5. The minimum absolute atomic E-state index is 0.0678. The van der Waals surface area contributed by atoms with Gasteiger partial charge in [0.2, 0.25) is 6.79 Å². The average Bonchev–Trinajstić information content (AvgIpc) is 3.65.